The first-order valence-electron chi connectivity index (χ1n) is 9.72. The number of ether oxygens (including phenoxy) is 1. The molecule has 3 heterocycles. The van der Waals surface area contributed by atoms with Crippen molar-refractivity contribution >= 4 is 28.3 Å². The number of hydrogen-bond acceptors (Lipinski definition) is 5. The third-order valence-corrected chi connectivity index (χ3v) is 7.82. The van der Waals surface area contributed by atoms with E-state index in [1.54, 1.807) is 12.1 Å². The molecule has 1 amide bonds. The molecule has 7 nitrogen and oxygen atoms in total. The van der Waals surface area contributed by atoms with E-state index in [2.05, 4.69) is 5.32 Å². The van der Waals surface area contributed by atoms with Crippen LogP contribution >= 0.6 is 12.4 Å². The lowest BCUT2D eigenvalue weighted by Crippen LogP contribution is -2.39. The van der Waals surface area contributed by atoms with Crippen LogP contribution in [-0.2, 0) is 10.0 Å². The molecule has 28 heavy (non-hydrogen) atoms. The smallest absolute Gasteiger partial charge is 0.253 e. The Labute approximate surface area is 172 Å². The molecule has 2 bridgehead atoms. The van der Waals surface area contributed by atoms with Crippen LogP contribution in [0.2, 0.25) is 0 Å². The number of carbonyl (C=O) groups excluding carboxylic acids is 1. The fourth-order valence-corrected chi connectivity index (χ4v) is 6.09. The van der Waals surface area contributed by atoms with Gasteiger partial charge in [-0.3, -0.25) is 4.79 Å². The van der Waals surface area contributed by atoms with Crippen molar-refractivity contribution in [1.29, 1.82) is 0 Å². The molecule has 3 aliphatic rings. The monoisotopic (exact) mass is 429 g/mol. The van der Waals surface area contributed by atoms with Crippen LogP contribution in [0.5, 0.6) is 5.75 Å². The molecule has 4 rings (SSSR count). The Morgan fingerprint density at radius 3 is 2.54 bits per heavy atom. The van der Waals surface area contributed by atoms with Crippen molar-refractivity contribution in [3.8, 4) is 5.75 Å². The standard InChI is InChI=1S/C19H27N3O4S.ClH/c1-26-17-7-4-14(12-18(17)27(24,25)22-9-2-3-10-22)19(23)21-11-8-15-5-6-16(13-21)20-15;/h4,7,12,15-16,20H,2-3,5-6,8-11,13H2,1H3;1H. The van der Waals surface area contributed by atoms with E-state index in [1.165, 1.54) is 23.9 Å². The molecule has 1 N–H and O–H groups in total. The summed E-state index contributed by atoms with van der Waals surface area (Å²) < 4.78 is 32.8. The van der Waals surface area contributed by atoms with E-state index < -0.39 is 10.0 Å². The van der Waals surface area contributed by atoms with E-state index in [0.29, 0.717) is 43.8 Å². The van der Waals surface area contributed by atoms with Crippen molar-refractivity contribution in [2.45, 2.75) is 49.1 Å². The van der Waals surface area contributed by atoms with Crippen molar-refractivity contribution in [1.82, 2.24) is 14.5 Å². The third-order valence-electron chi connectivity index (χ3n) is 5.90. The fraction of sp³-hybridized carbons (Fsp3) is 0.632. The van der Waals surface area contributed by atoms with Crippen molar-refractivity contribution in [2.75, 3.05) is 33.3 Å². The van der Waals surface area contributed by atoms with E-state index in [9.17, 15) is 13.2 Å². The second-order valence-electron chi connectivity index (χ2n) is 7.65. The van der Waals surface area contributed by atoms with Crippen molar-refractivity contribution in [2.24, 2.45) is 0 Å². The zero-order valence-corrected chi connectivity index (χ0v) is 17.7. The number of nitrogens with zero attached hydrogens (tertiary/aromatic N) is 2. The molecule has 0 aliphatic carbocycles. The fourth-order valence-electron chi connectivity index (χ4n) is 4.39. The molecule has 2 unspecified atom stereocenters. The van der Waals surface area contributed by atoms with Crippen LogP contribution in [0.25, 0.3) is 0 Å². The number of nitrogens with one attached hydrogen (secondary N) is 1. The van der Waals surface area contributed by atoms with Gasteiger partial charge in [-0.15, -0.1) is 12.4 Å². The number of amides is 1. The number of likely N-dealkylation sites (tertiary alicyclic amines) is 1. The Bertz CT molecular complexity index is 826. The normalized spacial score (nSPS) is 25.2. The Balaban J connectivity index is 0.00000225. The number of carbonyl (C=O) groups is 1. The number of methoxy groups -OCH3 is 1. The Hall–Kier alpha value is -1.35. The summed E-state index contributed by atoms with van der Waals surface area (Å²) in [4.78, 5) is 15.0. The maximum atomic E-state index is 13.1. The SMILES string of the molecule is COc1ccc(C(=O)N2CCC3CCC(C2)N3)cc1S(=O)(=O)N1CCCC1.Cl. The molecule has 0 aromatic heterocycles. The van der Waals surface area contributed by atoms with E-state index >= 15 is 0 Å². The molecule has 156 valence electrons. The zero-order valence-electron chi connectivity index (χ0n) is 16.1. The van der Waals surface area contributed by atoms with Gasteiger partial charge < -0.3 is 15.0 Å². The van der Waals surface area contributed by atoms with Gasteiger partial charge in [-0.2, -0.15) is 4.31 Å². The summed E-state index contributed by atoms with van der Waals surface area (Å²) in [5.74, 6) is 0.180. The maximum Gasteiger partial charge on any atom is 0.253 e. The highest BCUT2D eigenvalue weighted by Gasteiger charge is 2.33. The van der Waals surface area contributed by atoms with E-state index in [4.69, 9.17) is 4.74 Å². The van der Waals surface area contributed by atoms with Gasteiger partial charge in [-0.1, -0.05) is 0 Å². The van der Waals surface area contributed by atoms with Gasteiger partial charge in [0.2, 0.25) is 10.0 Å². The molecule has 2 atom stereocenters. The van der Waals surface area contributed by atoms with Gasteiger partial charge in [0.05, 0.1) is 7.11 Å². The molecule has 3 fully saturated rings. The predicted molar refractivity (Wildman–Crippen MR) is 109 cm³/mol. The number of halogens is 1. The zero-order chi connectivity index (χ0) is 19.0. The van der Waals surface area contributed by atoms with Crippen LogP contribution in [0.3, 0.4) is 0 Å². The molecular weight excluding hydrogens is 402 g/mol. The molecule has 1 aromatic carbocycles. The molecule has 1 aromatic rings. The van der Waals surface area contributed by atoms with Gasteiger partial charge in [-0.05, 0) is 50.3 Å². The lowest BCUT2D eigenvalue weighted by molar-refractivity contribution is 0.0748. The van der Waals surface area contributed by atoms with Crippen LogP contribution in [0, 0.1) is 0 Å². The molecule has 9 heteroatoms. The summed E-state index contributed by atoms with van der Waals surface area (Å²) in [6, 6.07) is 5.59. The van der Waals surface area contributed by atoms with Crippen molar-refractivity contribution < 1.29 is 17.9 Å². The number of hydrogen-bond donors (Lipinski definition) is 1. The summed E-state index contributed by atoms with van der Waals surface area (Å²) in [7, 11) is -2.20. The van der Waals surface area contributed by atoms with Crippen molar-refractivity contribution in [3.05, 3.63) is 23.8 Å². The predicted octanol–water partition coefficient (Wildman–Crippen LogP) is 1.87. The minimum atomic E-state index is -3.66. The lowest BCUT2D eigenvalue weighted by atomic mass is 10.1. The average Bonchev–Trinajstić information content (AvgIpc) is 3.31. The second-order valence-corrected chi connectivity index (χ2v) is 9.56. The number of sulfonamides is 1. The van der Waals surface area contributed by atoms with Gasteiger partial charge in [0.25, 0.3) is 5.91 Å². The number of fused-ring (bicyclic) bond motifs is 2. The van der Waals surface area contributed by atoms with Crippen LogP contribution in [-0.4, -0.2) is 68.9 Å². The van der Waals surface area contributed by atoms with E-state index in [-0.39, 0.29) is 29.0 Å². The summed E-state index contributed by atoms with van der Waals surface area (Å²) >= 11 is 0. The van der Waals surface area contributed by atoms with Crippen LogP contribution in [0.4, 0.5) is 0 Å². The highest BCUT2D eigenvalue weighted by molar-refractivity contribution is 7.89. The van der Waals surface area contributed by atoms with Gasteiger partial charge in [0.15, 0.2) is 0 Å². The molecular formula is C19H28ClN3O4S. The third kappa shape index (κ3) is 4.01. The second kappa shape index (κ2) is 8.57. The van der Waals surface area contributed by atoms with Crippen LogP contribution in [0.15, 0.2) is 23.1 Å². The number of benzene rings is 1. The lowest BCUT2D eigenvalue weighted by Gasteiger charge is -2.25. The first-order valence-corrected chi connectivity index (χ1v) is 11.2. The van der Waals surface area contributed by atoms with Gasteiger partial charge >= 0.3 is 0 Å². The molecule has 3 saturated heterocycles. The summed E-state index contributed by atoms with van der Waals surface area (Å²) in [5, 5.41) is 3.56. The van der Waals surface area contributed by atoms with Crippen molar-refractivity contribution in [3.63, 3.8) is 0 Å². The molecule has 0 spiro atoms. The minimum Gasteiger partial charge on any atom is -0.495 e. The molecule has 0 radical (unpaired) electrons. The largest absolute Gasteiger partial charge is 0.495 e. The first-order chi connectivity index (χ1) is 13.0. The summed E-state index contributed by atoms with van der Waals surface area (Å²) in [5.41, 5.74) is 0.409. The maximum absolute atomic E-state index is 13.1. The first kappa shape index (κ1) is 21.4. The van der Waals surface area contributed by atoms with Gasteiger partial charge in [0, 0.05) is 43.8 Å². The average molecular weight is 430 g/mol. The summed E-state index contributed by atoms with van der Waals surface area (Å²) in [6.45, 7) is 2.41. The van der Waals surface area contributed by atoms with Crippen LogP contribution in [0.1, 0.15) is 42.5 Å². The van der Waals surface area contributed by atoms with Gasteiger partial charge in [-0.25, -0.2) is 8.42 Å². The topological polar surface area (TPSA) is 79.0 Å². The molecule has 3 aliphatic heterocycles. The van der Waals surface area contributed by atoms with Crippen LogP contribution < -0.4 is 10.1 Å². The van der Waals surface area contributed by atoms with E-state index in [0.717, 1.165) is 25.7 Å². The minimum absolute atomic E-state index is 0. The van der Waals surface area contributed by atoms with E-state index in [1.807, 2.05) is 4.90 Å². The van der Waals surface area contributed by atoms with Gasteiger partial charge in [0.1, 0.15) is 10.6 Å². The highest BCUT2D eigenvalue weighted by Crippen LogP contribution is 2.30. The Morgan fingerprint density at radius 2 is 1.82 bits per heavy atom. The Kier molecular flexibility index (Phi) is 6.54. The Morgan fingerprint density at radius 1 is 1.11 bits per heavy atom. The quantitative estimate of drug-likeness (QED) is 0.790. The highest BCUT2D eigenvalue weighted by atomic mass is 35.5. The summed E-state index contributed by atoms with van der Waals surface area (Å²) in [6.07, 6.45) is 4.93. The number of rotatable bonds is 4. The molecule has 0 saturated carbocycles.